The van der Waals surface area contributed by atoms with Gasteiger partial charge in [-0.05, 0) is 19.8 Å². The van der Waals surface area contributed by atoms with E-state index >= 15 is 0 Å². The van der Waals surface area contributed by atoms with Gasteiger partial charge < -0.3 is 5.11 Å². The molecule has 1 aliphatic rings. The zero-order valence-corrected chi connectivity index (χ0v) is 14.7. The molecule has 0 unspecified atom stereocenters. The molecule has 2 heterocycles. The SMILES string of the molecule is CC(=O)c1sc(N(C(=O)c2cnn(CCC(=O)O)c2)C2CC2)nc1C. The van der Waals surface area contributed by atoms with Crippen LogP contribution < -0.4 is 4.90 Å². The van der Waals surface area contributed by atoms with Crippen LogP contribution in [0.5, 0.6) is 0 Å². The summed E-state index contributed by atoms with van der Waals surface area (Å²) in [6.45, 7) is 3.45. The molecule has 8 nitrogen and oxygen atoms in total. The second-order valence-electron chi connectivity index (χ2n) is 6.01. The van der Waals surface area contributed by atoms with Gasteiger partial charge in [0.2, 0.25) is 0 Å². The van der Waals surface area contributed by atoms with Gasteiger partial charge in [0.05, 0.1) is 35.3 Å². The fourth-order valence-corrected chi connectivity index (χ4v) is 3.53. The van der Waals surface area contributed by atoms with E-state index in [0.29, 0.717) is 21.3 Å². The van der Waals surface area contributed by atoms with Crippen molar-refractivity contribution in [1.82, 2.24) is 14.8 Å². The number of thiazole rings is 1. The average Bonchev–Trinajstić information content (AvgIpc) is 3.12. The lowest BCUT2D eigenvalue weighted by molar-refractivity contribution is -0.137. The van der Waals surface area contributed by atoms with E-state index in [4.69, 9.17) is 5.11 Å². The Morgan fingerprint density at radius 2 is 2.12 bits per heavy atom. The molecule has 1 N–H and O–H groups in total. The number of carbonyl (C=O) groups is 3. The highest BCUT2D eigenvalue weighted by Gasteiger charge is 2.37. The first-order chi connectivity index (χ1) is 11.9. The first-order valence-corrected chi connectivity index (χ1v) is 8.74. The van der Waals surface area contributed by atoms with Crippen LogP contribution in [0.4, 0.5) is 5.13 Å². The Kier molecular flexibility index (Phi) is 4.67. The highest BCUT2D eigenvalue weighted by molar-refractivity contribution is 7.17. The third kappa shape index (κ3) is 3.76. The van der Waals surface area contributed by atoms with Crippen molar-refractivity contribution in [3.8, 4) is 0 Å². The van der Waals surface area contributed by atoms with Crippen LogP contribution in [0.1, 0.15) is 51.9 Å². The maximum Gasteiger partial charge on any atom is 0.305 e. The molecule has 2 aromatic rings. The number of anilines is 1. The number of aromatic nitrogens is 3. The van der Waals surface area contributed by atoms with Crippen molar-refractivity contribution < 1.29 is 19.5 Å². The molecular weight excluding hydrogens is 344 g/mol. The van der Waals surface area contributed by atoms with Crippen LogP contribution in [-0.2, 0) is 11.3 Å². The van der Waals surface area contributed by atoms with Crippen molar-refractivity contribution in [2.45, 2.75) is 45.7 Å². The van der Waals surface area contributed by atoms with Gasteiger partial charge in [0.25, 0.3) is 5.91 Å². The second-order valence-corrected chi connectivity index (χ2v) is 6.99. The van der Waals surface area contributed by atoms with Crippen molar-refractivity contribution in [1.29, 1.82) is 0 Å². The quantitative estimate of drug-likeness (QED) is 0.757. The van der Waals surface area contributed by atoms with Gasteiger partial charge in [0.1, 0.15) is 0 Å². The number of carboxylic acids is 1. The molecule has 2 aromatic heterocycles. The Hall–Kier alpha value is -2.55. The first-order valence-electron chi connectivity index (χ1n) is 7.93. The maximum absolute atomic E-state index is 12.9. The summed E-state index contributed by atoms with van der Waals surface area (Å²) in [5.41, 5.74) is 1.01. The first kappa shape index (κ1) is 17.3. The average molecular weight is 362 g/mol. The van der Waals surface area contributed by atoms with E-state index in [2.05, 4.69) is 10.1 Å². The normalized spacial score (nSPS) is 13.7. The van der Waals surface area contributed by atoms with Gasteiger partial charge in [-0.25, -0.2) is 4.98 Å². The van der Waals surface area contributed by atoms with E-state index in [9.17, 15) is 14.4 Å². The van der Waals surface area contributed by atoms with E-state index in [0.717, 1.165) is 12.8 Å². The molecule has 1 fully saturated rings. The van der Waals surface area contributed by atoms with Gasteiger partial charge in [-0.15, -0.1) is 0 Å². The number of ketones is 1. The van der Waals surface area contributed by atoms with Crippen LogP contribution in [0.2, 0.25) is 0 Å². The molecule has 0 radical (unpaired) electrons. The molecule has 0 bridgehead atoms. The summed E-state index contributed by atoms with van der Waals surface area (Å²) >= 11 is 1.23. The number of carboxylic acid groups (broad SMARTS) is 1. The van der Waals surface area contributed by atoms with Crippen LogP contribution in [-0.4, -0.2) is 43.6 Å². The molecule has 0 atom stereocenters. The Balaban J connectivity index is 1.84. The van der Waals surface area contributed by atoms with Crippen molar-refractivity contribution in [2.75, 3.05) is 4.90 Å². The summed E-state index contributed by atoms with van der Waals surface area (Å²) in [6.07, 6.45) is 4.72. The molecular formula is C16H18N4O4S. The summed E-state index contributed by atoms with van der Waals surface area (Å²) in [5.74, 6) is -1.21. The Morgan fingerprint density at radius 3 is 2.68 bits per heavy atom. The van der Waals surface area contributed by atoms with E-state index < -0.39 is 5.97 Å². The summed E-state index contributed by atoms with van der Waals surface area (Å²) < 4.78 is 1.44. The Bertz CT molecular complexity index is 837. The smallest absolute Gasteiger partial charge is 0.305 e. The minimum atomic E-state index is -0.919. The van der Waals surface area contributed by atoms with Crippen molar-refractivity contribution in [3.63, 3.8) is 0 Å². The summed E-state index contributed by atoms with van der Waals surface area (Å²) in [7, 11) is 0. The van der Waals surface area contributed by atoms with Gasteiger partial charge in [0.15, 0.2) is 10.9 Å². The highest BCUT2D eigenvalue weighted by Crippen LogP contribution is 2.36. The highest BCUT2D eigenvalue weighted by atomic mass is 32.1. The maximum atomic E-state index is 12.9. The minimum absolute atomic E-state index is 0.0602. The van der Waals surface area contributed by atoms with Gasteiger partial charge in [0, 0.05) is 19.2 Å². The van der Waals surface area contributed by atoms with Crippen LogP contribution in [0.25, 0.3) is 0 Å². The second kappa shape index (κ2) is 6.75. The van der Waals surface area contributed by atoms with Crippen LogP contribution in [0.15, 0.2) is 12.4 Å². The standard InChI is InChI=1S/C16H18N4O4S/c1-9-14(10(2)21)25-16(18-9)20(12-3-4-12)15(24)11-7-17-19(8-11)6-5-13(22)23/h7-8,12H,3-6H2,1-2H3,(H,22,23). The monoisotopic (exact) mass is 362 g/mol. The predicted octanol–water partition coefficient (Wildman–Crippen LogP) is 2.13. The predicted molar refractivity (Wildman–Crippen MR) is 91.2 cm³/mol. The third-order valence-corrected chi connectivity index (χ3v) is 5.13. The van der Waals surface area contributed by atoms with Crippen LogP contribution >= 0.6 is 11.3 Å². The Morgan fingerprint density at radius 1 is 1.40 bits per heavy atom. The number of hydrogen-bond acceptors (Lipinski definition) is 6. The summed E-state index contributed by atoms with van der Waals surface area (Å²) in [5, 5.41) is 13.3. The summed E-state index contributed by atoms with van der Waals surface area (Å²) in [6, 6.07) is 0.0835. The number of hydrogen-bond donors (Lipinski definition) is 1. The Labute approximate surface area is 148 Å². The van der Waals surface area contributed by atoms with Crippen molar-refractivity contribution >= 4 is 34.1 Å². The fraction of sp³-hybridized carbons (Fsp3) is 0.438. The molecule has 1 amide bonds. The van der Waals surface area contributed by atoms with Gasteiger partial charge in [-0.2, -0.15) is 5.10 Å². The number of aryl methyl sites for hydroxylation is 2. The minimum Gasteiger partial charge on any atom is -0.481 e. The molecule has 1 aliphatic carbocycles. The number of nitrogens with zero attached hydrogens (tertiary/aromatic N) is 4. The van der Waals surface area contributed by atoms with Crippen molar-refractivity contribution in [3.05, 3.63) is 28.5 Å². The van der Waals surface area contributed by atoms with Gasteiger partial charge in [-0.3, -0.25) is 24.0 Å². The number of carbonyl (C=O) groups excluding carboxylic acids is 2. The number of amides is 1. The zero-order valence-electron chi connectivity index (χ0n) is 13.9. The van der Waals surface area contributed by atoms with Crippen LogP contribution in [0.3, 0.4) is 0 Å². The lowest BCUT2D eigenvalue weighted by Gasteiger charge is -2.18. The lowest BCUT2D eigenvalue weighted by Crippen LogP contribution is -2.32. The van der Waals surface area contributed by atoms with Crippen molar-refractivity contribution in [2.24, 2.45) is 0 Å². The molecule has 25 heavy (non-hydrogen) atoms. The molecule has 0 aliphatic heterocycles. The molecule has 0 aromatic carbocycles. The number of aliphatic carboxylic acids is 1. The van der Waals surface area contributed by atoms with E-state index in [1.165, 1.54) is 29.1 Å². The molecule has 3 rings (SSSR count). The number of rotatable bonds is 7. The summed E-state index contributed by atoms with van der Waals surface area (Å²) in [4.78, 5) is 41.8. The fourth-order valence-electron chi connectivity index (χ4n) is 2.50. The molecule has 0 saturated heterocycles. The zero-order chi connectivity index (χ0) is 18.1. The molecule has 0 spiro atoms. The molecule has 132 valence electrons. The van der Waals surface area contributed by atoms with E-state index in [1.54, 1.807) is 18.0 Å². The largest absolute Gasteiger partial charge is 0.481 e. The van der Waals surface area contributed by atoms with E-state index in [-0.39, 0.29) is 30.7 Å². The van der Waals surface area contributed by atoms with Crippen LogP contribution in [0, 0.1) is 6.92 Å². The van der Waals surface area contributed by atoms with E-state index in [1.807, 2.05) is 0 Å². The molecule has 9 heteroatoms. The third-order valence-electron chi connectivity index (χ3n) is 3.88. The molecule has 1 saturated carbocycles. The van der Waals surface area contributed by atoms with Gasteiger partial charge >= 0.3 is 5.97 Å². The lowest BCUT2D eigenvalue weighted by atomic mass is 10.3. The topological polar surface area (TPSA) is 105 Å². The van der Waals surface area contributed by atoms with Gasteiger partial charge in [-0.1, -0.05) is 11.3 Å². The number of Topliss-reactive ketones (excluding diaryl/α,β-unsaturated/α-hetero) is 1.